The van der Waals surface area contributed by atoms with E-state index < -0.39 is 0 Å². The second-order valence-corrected chi connectivity index (χ2v) is 3.46. The number of hydrogen-bond acceptors (Lipinski definition) is 1. The van der Waals surface area contributed by atoms with Gasteiger partial charge in [0.05, 0.1) is 4.99 Å². The zero-order valence-electron chi connectivity index (χ0n) is 7.14. The highest BCUT2D eigenvalue weighted by atomic mass is 32.1. The van der Waals surface area contributed by atoms with Gasteiger partial charge in [0.1, 0.15) is 0 Å². The van der Waals surface area contributed by atoms with Crippen LogP contribution in [0.15, 0.2) is 23.4 Å². The van der Waals surface area contributed by atoms with Crippen molar-refractivity contribution in [1.29, 1.82) is 0 Å². The maximum Gasteiger partial charge on any atom is 0.0861 e. The zero-order chi connectivity index (χ0) is 8.43. The molecule has 0 aliphatic carbocycles. The molecule has 0 aromatic heterocycles. The van der Waals surface area contributed by atoms with E-state index in [0.717, 1.165) is 10.7 Å². The van der Waals surface area contributed by atoms with Crippen molar-refractivity contribution in [3.05, 3.63) is 23.4 Å². The van der Waals surface area contributed by atoms with Crippen molar-refractivity contribution >= 4 is 17.2 Å². The molecule has 0 aromatic carbocycles. The van der Waals surface area contributed by atoms with Crippen LogP contribution in [0.3, 0.4) is 0 Å². The van der Waals surface area contributed by atoms with E-state index in [-0.39, 0.29) is 0 Å². The van der Waals surface area contributed by atoms with E-state index >= 15 is 0 Å². The minimum Gasteiger partial charge on any atom is -0.353 e. The minimum absolute atomic E-state index is 0.360. The average molecular weight is 167 g/mol. The number of hydrogen-bond donors (Lipinski definition) is 1. The van der Waals surface area contributed by atoms with E-state index in [1.807, 2.05) is 6.92 Å². The Bertz CT molecular complexity index is 238. The molecule has 2 heteroatoms. The lowest BCUT2D eigenvalue weighted by molar-refractivity contribution is 0.956. The van der Waals surface area contributed by atoms with E-state index in [0.29, 0.717) is 5.92 Å². The Morgan fingerprint density at radius 1 is 1.45 bits per heavy atom. The molecule has 0 spiro atoms. The molecule has 0 saturated carbocycles. The fraction of sp³-hybridized carbons (Fsp3) is 0.444. The maximum atomic E-state index is 5.15. The van der Waals surface area contributed by atoms with Crippen LogP contribution in [0.4, 0.5) is 0 Å². The van der Waals surface area contributed by atoms with Crippen LogP contribution in [-0.4, -0.2) is 4.99 Å². The Kier molecular flexibility index (Phi) is 2.45. The van der Waals surface area contributed by atoms with Crippen LogP contribution in [0.2, 0.25) is 0 Å². The monoisotopic (exact) mass is 167 g/mol. The van der Waals surface area contributed by atoms with Crippen LogP contribution >= 0.6 is 12.2 Å². The van der Waals surface area contributed by atoms with Gasteiger partial charge in [-0.3, -0.25) is 0 Å². The Balaban J connectivity index is 2.90. The van der Waals surface area contributed by atoms with Gasteiger partial charge in [0.15, 0.2) is 0 Å². The standard InChI is InChI=1S/C9H13NS/c1-6-4-7(2)9(11)10-8(3)5-6/h4-5,7H,1-3H3,(H,10,11)/t7-/m0/s1. The second-order valence-electron chi connectivity index (χ2n) is 3.02. The molecule has 0 radical (unpaired) electrons. The number of allylic oxidation sites excluding steroid dienone is 3. The average Bonchev–Trinajstić information content (AvgIpc) is 1.93. The predicted molar refractivity (Wildman–Crippen MR) is 52.4 cm³/mol. The van der Waals surface area contributed by atoms with Crippen molar-refractivity contribution in [1.82, 2.24) is 5.32 Å². The zero-order valence-corrected chi connectivity index (χ0v) is 7.96. The predicted octanol–water partition coefficient (Wildman–Crippen LogP) is 2.40. The molecule has 1 nitrogen and oxygen atoms in total. The maximum absolute atomic E-state index is 5.15. The van der Waals surface area contributed by atoms with Crippen molar-refractivity contribution < 1.29 is 0 Å². The largest absolute Gasteiger partial charge is 0.353 e. The molecule has 60 valence electrons. The summed E-state index contributed by atoms with van der Waals surface area (Å²) < 4.78 is 0. The van der Waals surface area contributed by atoms with Gasteiger partial charge in [-0.2, -0.15) is 0 Å². The molecule has 0 bridgehead atoms. The number of thiocarbonyl (C=S) groups is 1. The first-order valence-corrected chi connectivity index (χ1v) is 4.18. The summed E-state index contributed by atoms with van der Waals surface area (Å²) in [5.41, 5.74) is 2.41. The van der Waals surface area contributed by atoms with Crippen LogP contribution in [0, 0.1) is 5.92 Å². The van der Waals surface area contributed by atoms with Gasteiger partial charge in [0, 0.05) is 11.6 Å². The second kappa shape index (κ2) is 3.18. The van der Waals surface area contributed by atoms with Crippen molar-refractivity contribution in [2.24, 2.45) is 5.92 Å². The number of rotatable bonds is 0. The first-order valence-electron chi connectivity index (χ1n) is 3.77. The topological polar surface area (TPSA) is 12.0 Å². The van der Waals surface area contributed by atoms with Gasteiger partial charge in [0.2, 0.25) is 0 Å². The van der Waals surface area contributed by atoms with E-state index in [1.54, 1.807) is 0 Å². The van der Waals surface area contributed by atoms with Gasteiger partial charge >= 0.3 is 0 Å². The van der Waals surface area contributed by atoms with E-state index in [1.165, 1.54) is 5.57 Å². The minimum atomic E-state index is 0.360. The van der Waals surface area contributed by atoms with Crippen molar-refractivity contribution in [2.75, 3.05) is 0 Å². The summed E-state index contributed by atoms with van der Waals surface area (Å²) in [5, 5.41) is 3.16. The number of nitrogens with one attached hydrogen (secondary N) is 1. The summed E-state index contributed by atoms with van der Waals surface area (Å²) in [5.74, 6) is 0.360. The summed E-state index contributed by atoms with van der Waals surface area (Å²) in [6.07, 6.45) is 4.28. The first-order chi connectivity index (χ1) is 5.09. The van der Waals surface area contributed by atoms with Crippen molar-refractivity contribution in [3.63, 3.8) is 0 Å². The molecule has 0 fully saturated rings. The van der Waals surface area contributed by atoms with E-state index in [2.05, 4.69) is 31.3 Å². The molecule has 1 N–H and O–H groups in total. The lowest BCUT2D eigenvalue weighted by Crippen LogP contribution is -2.23. The quantitative estimate of drug-likeness (QED) is 0.556. The molecule has 0 unspecified atom stereocenters. The lowest BCUT2D eigenvalue weighted by atomic mass is 10.1. The first kappa shape index (κ1) is 8.47. The molecule has 1 aliphatic rings. The molecular formula is C9H13NS. The molecule has 11 heavy (non-hydrogen) atoms. The fourth-order valence-corrected chi connectivity index (χ4v) is 1.43. The normalized spacial score (nSPS) is 25.0. The van der Waals surface area contributed by atoms with E-state index in [9.17, 15) is 0 Å². The highest BCUT2D eigenvalue weighted by Gasteiger charge is 2.08. The summed E-state index contributed by atoms with van der Waals surface area (Å²) in [7, 11) is 0. The van der Waals surface area contributed by atoms with Crippen LogP contribution in [0.5, 0.6) is 0 Å². The molecule has 0 saturated heterocycles. The highest BCUT2D eigenvalue weighted by molar-refractivity contribution is 7.80. The lowest BCUT2D eigenvalue weighted by Gasteiger charge is -2.08. The van der Waals surface area contributed by atoms with E-state index in [4.69, 9.17) is 12.2 Å². The van der Waals surface area contributed by atoms with Gasteiger partial charge in [0.25, 0.3) is 0 Å². The molecule has 1 atom stereocenters. The fourth-order valence-electron chi connectivity index (χ4n) is 1.20. The molecule has 0 amide bonds. The van der Waals surface area contributed by atoms with Crippen LogP contribution in [0.1, 0.15) is 20.8 Å². The van der Waals surface area contributed by atoms with Gasteiger partial charge in [-0.05, 0) is 19.9 Å². The molecule has 1 aliphatic heterocycles. The van der Waals surface area contributed by atoms with Crippen LogP contribution < -0.4 is 5.32 Å². The van der Waals surface area contributed by atoms with Crippen molar-refractivity contribution in [3.8, 4) is 0 Å². The molecule has 1 rings (SSSR count). The third-order valence-electron chi connectivity index (χ3n) is 1.69. The Labute approximate surface area is 73.2 Å². The SMILES string of the molecule is CC1=C[C@H](C)C(=S)NC(C)=C1. The summed E-state index contributed by atoms with van der Waals surface area (Å²) in [6.45, 7) is 6.22. The highest BCUT2D eigenvalue weighted by Crippen LogP contribution is 2.11. The van der Waals surface area contributed by atoms with Gasteiger partial charge in [-0.15, -0.1) is 0 Å². The smallest absolute Gasteiger partial charge is 0.0861 e. The third-order valence-corrected chi connectivity index (χ3v) is 2.16. The van der Waals surface area contributed by atoms with Gasteiger partial charge < -0.3 is 5.32 Å². The van der Waals surface area contributed by atoms with Crippen LogP contribution in [-0.2, 0) is 0 Å². The van der Waals surface area contributed by atoms with Crippen molar-refractivity contribution in [2.45, 2.75) is 20.8 Å². The molecule has 0 aromatic rings. The van der Waals surface area contributed by atoms with Gasteiger partial charge in [-0.25, -0.2) is 0 Å². The summed E-state index contributed by atoms with van der Waals surface area (Å²) >= 11 is 5.15. The van der Waals surface area contributed by atoms with Crippen LogP contribution in [0.25, 0.3) is 0 Å². The molecular weight excluding hydrogens is 154 g/mol. The molecule has 1 heterocycles. The Morgan fingerprint density at radius 2 is 2.09 bits per heavy atom. The van der Waals surface area contributed by atoms with Gasteiger partial charge in [-0.1, -0.05) is 30.8 Å². The Morgan fingerprint density at radius 3 is 2.73 bits per heavy atom. The summed E-state index contributed by atoms with van der Waals surface area (Å²) in [4.78, 5) is 0.913. The Hall–Kier alpha value is -0.630. The summed E-state index contributed by atoms with van der Waals surface area (Å²) in [6, 6.07) is 0. The third kappa shape index (κ3) is 2.15.